The van der Waals surface area contributed by atoms with Crippen LogP contribution in [0, 0.1) is 0 Å². The first-order chi connectivity index (χ1) is 14.4. The van der Waals surface area contributed by atoms with E-state index < -0.39 is 21.8 Å². The molecule has 1 aliphatic rings. The van der Waals surface area contributed by atoms with Crippen LogP contribution >= 0.6 is 11.3 Å². The van der Waals surface area contributed by atoms with Crippen molar-refractivity contribution in [3.05, 3.63) is 71.0 Å². The Morgan fingerprint density at radius 1 is 1.07 bits per heavy atom. The molecule has 4 rings (SSSR count). The second kappa shape index (κ2) is 8.33. The minimum Gasteiger partial charge on any atom is -0.459 e. The largest absolute Gasteiger partial charge is 0.459 e. The molecule has 0 aliphatic carbocycles. The molecule has 0 unspecified atom stereocenters. The molecule has 0 saturated heterocycles. The zero-order valence-electron chi connectivity index (χ0n) is 15.8. The topological polar surface area (TPSA) is 109 Å². The molecule has 8 nitrogen and oxygen atoms in total. The summed E-state index contributed by atoms with van der Waals surface area (Å²) in [5.41, 5.74) is 1.71. The van der Waals surface area contributed by atoms with E-state index in [1.807, 2.05) is 18.2 Å². The number of anilines is 2. The van der Waals surface area contributed by atoms with Crippen molar-refractivity contribution in [2.24, 2.45) is 0 Å². The van der Waals surface area contributed by atoms with E-state index in [9.17, 15) is 18.0 Å². The second-order valence-electron chi connectivity index (χ2n) is 6.62. The zero-order chi connectivity index (χ0) is 21.1. The Hall–Kier alpha value is -3.11. The molecule has 0 bridgehead atoms. The van der Waals surface area contributed by atoms with E-state index in [0.29, 0.717) is 28.5 Å². The predicted molar refractivity (Wildman–Crippen MR) is 115 cm³/mol. The van der Waals surface area contributed by atoms with Crippen molar-refractivity contribution < 1.29 is 22.4 Å². The first-order valence-corrected chi connectivity index (χ1v) is 11.7. The highest BCUT2D eigenvalue weighted by molar-refractivity contribution is 7.92. The van der Waals surface area contributed by atoms with Gasteiger partial charge in [0.1, 0.15) is 0 Å². The molecule has 1 aromatic carbocycles. The molecular formula is C20H19N3O5S2. The Morgan fingerprint density at radius 3 is 2.70 bits per heavy atom. The van der Waals surface area contributed by atoms with Crippen LogP contribution in [0.15, 0.2) is 59.2 Å². The number of hydrogen-bond donors (Lipinski definition) is 2. The molecule has 2 aromatic heterocycles. The highest BCUT2D eigenvalue weighted by Crippen LogP contribution is 2.30. The van der Waals surface area contributed by atoms with Crippen molar-refractivity contribution in [2.75, 3.05) is 28.5 Å². The summed E-state index contributed by atoms with van der Waals surface area (Å²) in [5.74, 6) is -0.829. The Labute approximate surface area is 177 Å². The third-order valence-electron chi connectivity index (χ3n) is 4.64. The van der Waals surface area contributed by atoms with Crippen LogP contribution < -0.4 is 14.9 Å². The molecule has 30 heavy (non-hydrogen) atoms. The molecule has 2 amide bonds. The second-order valence-corrected chi connectivity index (χ2v) is 9.71. The molecule has 0 radical (unpaired) electrons. The highest BCUT2D eigenvalue weighted by atomic mass is 32.2. The molecule has 0 atom stereocenters. The molecule has 0 spiro atoms. The third-order valence-corrected chi connectivity index (χ3v) is 7.41. The number of sulfonamides is 1. The van der Waals surface area contributed by atoms with Crippen molar-refractivity contribution in [3.63, 3.8) is 0 Å². The number of nitrogens with one attached hydrogen (secondary N) is 2. The average molecular weight is 446 g/mol. The molecule has 0 fully saturated rings. The molecule has 3 aromatic rings. The first-order valence-electron chi connectivity index (χ1n) is 9.25. The first kappa shape index (κ1) is 20.2. The summed E-state index contributed by atoms with van der Waals surface area (Å²) in [6, 6.07) is 13.7. The van der Waals surface area contributed by atoms with Gasteiger partial charge >= 0.3 is 0 Å². The number of nitrogens with zero attached hydrogens (tertiary/aromatic N) is 1. The Kier molecular flexibility index (Phi) is 5.60. The number of furan rings is 1. The van der Waals surface area contributed by atoms with E-state index in [4.69, 9.17) is 4.42 Å². The van der Waals surface area contributed by atoms with Gasteiger partial charge in [-0.15, -0.1) is 11.3 Å². The number of fused-ring (bicyclic) bond motifs is 1. The molecule has 0 saturated carbocycles. The van der Waals surface area contributed by atoms with Gasteiger partial charge in [0.25, 0.3) is 11.8 Å². The van der Waals surface area contributed by atoms with Crippen LogP contribution in [0.3, 0.4) is 0 Å². The maximum absolute atomic E-state index is 12.7. The third kappa shape index (κ3) is 4.24. The van der Waals surface area contributed by atoms with Gasteiger partial charge in [-0.3, -0.25) is 13.9 Å². The SMILES string of the molecule is O=C(Nc1ccc(C(=O)NCCS(=O)(=O)N2CCc3ccccc32)s1)c1ccco1. The average Bonchev–Trinajstić information content (AvgIpc) is 3.47. The number of carbonyl (C=O) groups excluding carboxylic acids is 2. The van der Waals surface area contributed by atoms with Crippen LogP contribution in [-0.2, 0) is 16.4 Å². The fraction of sp³-hybridized carbons (Fsp3) is 0.200. The smallest absolute Gasteiger partial charge is 0.291 e. The lowest BCUT2D eigenvalue weighted by Gasteiger charge is -2.19. The predicted octanol–water partition coefficient (Wildman–Crippen LogP) is 2.72. The number of amides is 2. The molecule has 10 heteroatoms. The van der Waals surface area contributed by atoms with Crippen molar-refractivity contribution in [1.29, 1.82) is 0 Å². The fourth-order valence-electron chi connectivity index (χ4n) is 3.20. The minimum atomic E-state index is -3.53. The monoisotopic (exact) mass is 445 g/mol. The number of benzene rings is 1. The summed E-state index contributed by atoms with van der Waals surface area (Å²) in [6.45, 7) is 0.408. The van der Waals surface area contributed by atoms with Gasteiger partial charge in [0.2, 0.25) is 10.0 Å². The van der Waals surface area contributed by atoms with Gasteiger partial charge in [0.05, 0.1) is 27.6 Å². The maximum Gasteiger partial charge on any atom is 0.291 e. The Morgan fingerprint density at radius 2 is 1.90 bits per heavy atom. The number of carbonyl (C=O) groups is 2. The van der Waals surface area contributed by atoms with Gasteiger partial charge in [0, 0.05) is 13.1 Å². The van der Waals surface area contributed by atoms with Gasteiger partial charge in [0.15, 0.2) is 5.76 Å². The lowest BCUT2D eigenvalue weighted by Crippen LogP contribution is -2.36. The summed E-state index contributed by atoms with van der Waals surface area (Å²) >= 11 is 1.10. The van der Waals surface area contributed by atoms with Crippen molar-refractivity contribution in [3.8, 4) is 0 Å². The van der Waals surface area contributed by atoms with E-state index >= 15 is 0 Å². The van der Waals surface area contributed by atoms with Crippen molar-refractivity contribution >= 4 is 43.9 Å². The number of hydrogen-bond acceptors (Lipinski definition) is 6. The standard InChI is InChI=1S/C20H19N3O5S2/c24-19(16-6-3-12-28-16)22-18-8-7-17(29-18)20(25)21-10-13-30(26,27)23-11-9-14-4-1-2-5-15(14)23/h1-8,12H,9-11,13H2,(H,21,25)(H,22,24). The van der Waals surface area contributed by atoms with Crippen LogP contribution in [0.5, 0.6) is 0 Å². The van der Waals surface area contributed by atoms with Crippen LogP contribution in [0.1, 0.15) is 25.8 Å². The van der Waals surface area contributed by atoms with Crippen LogP contribution in [-0.4, -0.2) is 39.1 Å². The summed E-state index contributed by atoms with van der Waals surface area (Å²) < 4.78 is 31.8. The Bertz CT molecular complexity index is 1170. The Balaban J connectivity index is 1.31. The fourth-order valence-corrected chi connectivity index (χ4v) is 5.44. The molecular weight excluding hydrogens is 426 g/mol. The summed E-state index contributed by atoms with van der Waals surface area (Å²) in [5, 5.41) is 5.77. The lowest BCUT2D eigenvalue weighted by molar-refractivity contribution is 0.0958. The zero-order valence-corrected chi connectivity index (χ0v) is 17.5. The van der Waals surface area contributed by atoms with E-state index in [-0.39, 0.29) is 18.1 Å². The normalized spacial score (nSPS) is 13.1. The maximum atomic E-state index is 12.7. The van der Waals surface area contributed by atoms with E-state index in [2.05, 4.69) is 10.6 Å². The summed E-state index contributed by atoms with van der Waals surface area (Å²) in [6.07, 6.45) is 2.08. The van der Waals surface area contributed by atoms with Crippen LogP contribution in [0.25, 0.3) is 0 Å². The van der Waals surface area contributed by atoms with Crippen LogP contribution in [0.2, 0.25) is 0 Å². The quantitative estimate of drug-likeness (QED) is 0.581. The van der Waals surface area contributed by atoms with Crippen LogP contribution in [0.4, 0.5) is 10.7 Å². The van der Waals surface area contributed by atoms with Crippen molar-refractivity contribution in [2.45, 2.75) is 6.42 Å². The summed E-state index contributed by atoms with van der Waals surface area (Å²) in [7, 11) is -3.53. The molecule has 156 valence electrons. The van der Waals surface area contributed by atoms with Gasteiger partial charge in [-0.05, 0) is 42.3 Å². The van der Waals surface area contributed by atoms with Gasteiger partial charge in [-0.1, -0.05) is 18.2 Å². The highest BCUT2D eigenvalue weighted by Gasteiger charge is 2.28. The van der Waals surface area contributed by atoms with Gasteiger partial charge < -0.3 is 15.1 Å². The minimum absolute atomic E-state index is 0.00811. The molecule has 2 N–H and O–H groups in total. The van der Waals surface area contributed by atoms with E-state index in [1.54, 1.807) is 24.3 Å². The van der Waals surface area contributed by atoms with Gasteiger partial charge in [-0.2, -0.15) is 0 Å². The lowest BCUT2D eigenvalue weighted by atomic mass is 10.2. The number of para-hydroxylation sites is 1. The van der Waals surface area contributed by atoms with Crippen molar-refractivity contribution in [1.82, 2.24) is 5.32 Å². The number of thiophene rings is 1. The number of rotatable bonds is 7. The molecule has 1 aliphatic heterocycles. The van der Waals surface area contributed by atoms with E-state index in [1.165, 1.54) is 16.6 Å². The summed E-state index contributed by atoms with van der Waals surface area (Å²) in [4.78, 5) is 24.7. The van der Waals surface area contributed by atoms with E-state index in [0.717, 1.165) is 16.9 Å². The molecule has 3 heterocycles. The van der Waals surface area contributed by atoms with Gasteiger partial charge in [-0.25, -0.2) is 8.42 Å².